The van der Waals surface area contributed by atoms with Crippen LogP contribution in [0.15, 0.2) is 53.9 Å². The highest BCUT2D eigenvalue weighted by atomic mass is 19.3. The number of hydrogen-bond acceptors (Lipinski definition) is 4. The third-order valence-corrected chi connectivity index (χ3v) is 3.18. The minimum Gasteiger partial charge on any atom is -0.370 e. The lowest BCUT2D eigenvalue weighted by Crippen LogP contribution is -2.32. The summed E-state index contributed by atoms with van der Waals surface area (Å²) >= 11 is 0. The minimum absolute atomic E-state index is 0.273. The highest BCUT2D eigenvalue weighted by Crippen LogP contribution is 2.23. The third-order valence-electron chi connectivity index (χ3n) is 3.18. The van der Waals surface area contributed by atoms with Crippen molar-refractivity contribution in [1.82, 2.24) is 10.4 Å². The number of hydrogen-bond donors (Lipinski definition) is 1. The Morgan fingerprint density at radius 1 is 1.19 bits per heavy atom. The number of amides is 1. The van der Waals surface area contributed by atoms with E-state index >= 15 is 0 Å². The number of benzene rings is 1. The fourth-order valence-corrected chi connectivity index (χ4v) is 1.80. The molecule has 0 saturated carbocycles. The zero-order valence-electron chi connectivity index (χ0n) is 13.4. The van der Waals surface area contributed by atoms with Crippen LogP contribution >= 0.6 is 0 Å². The van der Waals surface area contributed by atoms with Crippen molar-refractivity contribution in [3.8, 4) is 0 Å². The highest BCUT2D eigenvalue weighted by molar-refractivity contribution is 5.94. The van der Waals surface area contributed by atoms with Crippen molar-refractivity contribution >= 4 is 12.1 Å². The summed E-state index contributed by atoms with van der Waals surface area (Å²) in [6.07, 6.45) is 0.842. The number of nitrogens with zero attached hydrogens (tertiary/aromatic N) is 2. The second-order valence-corrected chi connectivity index (χ2v) is 5.23. The molecule has 1 heterocycles. The van der Waals surface area contributed by atoms with Gasteiger partial charge in [-0.25, -0.2) is 14.2 Å². The Morgan fingerprint density at radius 2 is 1.85 bits per heavy atom. The van der Waals surface area contributed by atoms with Gasteiger partial charge in [0.05, 0.1) is 12.8 Å². The van der Waals surface area contributed by atoms with Crippen molar-refractivity contribution < 1.29 is 27.1 Å². The van der Waals surface area contributed by atoms with E-state index in [1.807, 2.05) is 0 Å². The fraction of sp³-hybridized carbons (Fsp3) is 0.235. The highest BCUT2D eigenvalue weighted by Gasteiger charge is 2.40. The lowest BCUT2D eigenvalue weighted by atomic mass is 10.1. The smallest absolute Gasteiger partial charge is 0.330 e. The summed E-state index contributed by atoms with van der Waals surface area (Å²) in [6.45, 7) is -1.65. The molecule has 1 aromatic carbocycles. The molecule has 0 bridgehead atoms. The van der Waals surface area contributed by atoms with Crippen LogP contribution < -0.4 is 5.43 Å². The number of carbonyl (C=O) groups excluding carboxylic acids is 1. The molecule has 5 nitrogen and oxygen atoms in total. The molecule has 26 heavy (non-hydrogen) atoms. The Balaban J connectivity index is 1.82. The van der Waals surface area contributed by atoms with Gasteiger partial charge < -0.3 is 4.74 Å². The molecule has 0 atom stereocenters. The molecule has 2 aromatic rings. The SMILES string of the molecule is O=C(N/N=C/c1ccncc1)c1ccc(COCC(F)(F)C(F)F)cc1. The Bertz CT molecular complexity index is 737. The first-order chi connectivity index (χ1) is 12.4. The average Bonchev–Trinajstić information content (AvgIpc) is 2.63. The molecule has 9 heteroatoms. The zero-order valence-corrected chi connectivity index (χ0v) is 13.4. The van der Waals surface area contributed by atoms with Gasteiger partial charge in [0.1, 0.15) is 6.61 Å². The van der Waals surface area contributed by atoms with E-state index in [9.17, 15) is 22.4 Å². The molecule has 0 unspecified atom stereocenters. The monoisotopic (exact) mass is 369 g/mol. The fourth-order valence-electron chi connectivity index (χ4n) is 1.80. The van der Waals surface area contributed by atoms with Crippen LogP contribution in [-0.2, 0) is 11.3 Å². The molecule has 0 aliphatic rings. The summed E-state index contributed by atoms with van der Waals surface area (Å²) < 4.78 is 54.0. The molecule has 1 aromatic heterocycles. The van der Waals surface area contributed by atoms with E-state index in [0.29, 0.717) is 11.1 Å². The lowest BCUT2D eigenvalue weighted by Gasteiger charge is -2.15. The lowest BCUT2D eigenvalue weighted by molar-refractivity contribution is -0.168. The van der Waals surface area contributed by atoms with Crippen molar-refractivity contribution in [3.05, 3.63) is 65.5 Å². The van der Waals surface area contributed by atoms with E-state index in [-0.39, 0.29) is 6.61 Å². The molecular weight excluding hydrogens is 354 g/mol. The van der Waals surface area contributed by atoms with E-state index in [0.717, 1.165) is 5.56 Å². The standard InChI is InChI=1S/C17H15F4N3O2/c18-16(19)17(20,21)11-26-10-13-1-3-14(4-2-13)15(25)24-23-9-12-5-7-22-8-6-12/h1-9,16H,10-11H2,(H,24,25)/b23-9+. The molecular formula is C17H15F4N3O2. The van der Waals surface area contributed by atoms with E-state index in [1.165, 1.54) is 30.5 Å². The van der Waals surface area contributed by atoms with Gasteiger partial charge in [0.15, 0.2) is 0 Å². The normalized spacial score (nSPS) is 11.9. The maximum Gasteiger partial charge on any atom is 0.330 e. The van der Waals surface area contributed by atoms with E-state index in [2.05, 4.69) is 20.2 Å². The van der Waals surface area contributed by atoms with Gasteiger partial charge >= 0.3 is 12.3 Å². The largest absolute Gasteiger partial charge is 0.370 e. The summed E-state index contributed by atoms with van der Waals surface area (Å²) in [5, 5.41) is 3.80. The van der Waals surface area contributed by atoms with E-state index in [4.69, 9.17) is 0 Å². The van der Waals surface area contributed by atoms with Crippen molar-refractivity contribution in [1.29, 1.82) is 0 Å². The zero-order chi connectivity index (χ0) is 19.0. The maximum atomic E-state index is 12.7. The van der Waals surface area contributed by atoms with Crippen LogP contribution in [0.2, 0.25) is 0 Å². The molecule has 0 aliphatic heterocycles. The van der Waals surface area contributed by atoms with Gasteiger partial charge in [0.2, 0.25) is 0 Å². The second-order valence-electron chi connectivity index (χ2n) is 5.23. The van der Waals surface area contributed by atoms with Gasteiger partial charge in [0.25, 0.3) is 5.91 Å². The van der Waals surface area contributed by atoms with Crippen LogP contribution in [0.4, 0.5) is 17.6 Å². The number of alkyl halides is 4. The van der Waals surface area contributed by atoms with Gasteiger partial charge in [-0.3, -0.25) is 9.78 Å². The summed E-state index contributed by atoms with van der Waals surface area (Å²) in [7, 11) is 0. The molecule has 0 aliphatic carbocycles. The van der Waals surface area contributed by atoms with Gasteiger partial charge in [-0.1, -0.05) is 12.1 Å². The molecule has 0 fully saturated rings. The first kappa shape index (κ1) is 19.5. The Kier molecular flexibility index (Phi) is 6.79. The summed E-state index contributed by atoms with van der Waals surface area (Å²) in [6, 6.07) is 9.26. The van der Waals surface area contributed by atoms with Crippen LogP contribution in [0.3, 0.4) is 0 Å². The average molecular weight is 369 g/mol. The number of hydrazone groups is 1. The van der Waals surface area contributed by atoms with Gasteiger partial charge in [-0.05, 0) is 35.4 Å². The molecule has 138 valence electrons. The van der Waals surface area contributed by atoms with Gasteiger partial charge in [0, 0.05) is 18.0 Å². The van der Waals surface area contributed by atoms with E-state index < -0.39 is 24.9 Å². The summed E-state index contributed by atoms with van der Waals surface area (Å²) in [5.74, 6) is -4.65. The van der Waals surface area contributed by atoms with E-state index in [1.54, 1.807) is 24.5 Å². The number of aromatic nitrogens is 1. The molecule has 1 amide bonds. The van der Waals surface area contributed by atoms with Crippen LogP contribution in [0.25, 0.3) is 0 Å². The molecule has 1 N–H and O–H groups in total. The van der Waals surface area contributed by atoms with Gasteiger partial charge in [-0.15, -0.1) is 0 Å². The Morgan fingerprint density at radius 3 is 2.46 bits per heavy atom. The molecule has 2 rings (SSSR count). The third kappa shape index (κ3) is 5.92. The number of rotatable bonds is 8. The first-order valence-electron chi connectivity index (χ1n) is 7.44. The number of pyridine rings is 1. The number of ether oxygens (including phenoxy) is 1. The number of halogens is 4. The Labute approximate surface area is 146 Å². The predicted molar refractivity (Wildman–Crippen MR) is 86.3 cm³/mol. The topological polar surface area (TPSA) is 63.6 Å². The second kappa shape index (κ2) is 9.04. The summed E-state index contributed by atoms with van der Waals surface area (Å²) in [4.78, 5) is 15.8. The molecule has 0 saturated heterocycles. The number of nitrogens with one attached hydrogen (secondary N) is 1. The van der Waals surface area contributed by atoms with Crippen LogP contribution in [0.1, 0.15) is 21.5 Å². The molecule has 0 radical (unpaired) electrons. The van der Waals surface area contributed by atoms with Crippen LogP contribution in [0, 0.1) is 0 Å². The van der Waals surface area contributed by atoms with Crippen molar-refractivity contribution in [2.45, 2.75) is 19.0 Å². The van der Waals surface area contributed by atoms with Gasteiger partial charge in [-0.2, -0.15) is 13.9 Å². The first-order valence-corrected chi connectivity index (χ1v) is 7.44. The Hall–Kier alpha value is -2.81. The van der Waals surface area contributed by atoms with Crippen molar-refractivity contribution in [2.75, 3.05) is 6.61 Å². The quantitative estimate of drug-likeness (QED) is 0.441. The molecule has 0 spiro atoms. The van der Waals surface area contributed by atoms with Crippen LogP contribution in [0.5, 0.6) is 0 Å². The predicted octanol–water partition coefficient (Wildman–Crippen LogP) is 3.26. The van der Waals surface area contributed by atoms with Crippen LogP contribution in [-0.4, -0.2) is 36.1 Å². The maximum absolute atomic E-state index is 12.7. The van der Waals surface area contributed by atoms with Crippen molar-refractivity contribution in [3.63, 3.8) is 0 Å². The minimum atomic E-state index is -4.19. The number of carbonyl (C=O) groups is 1. The summed E-state index contributed by atoms with van der Waals surface area (Å²) in [5.41, 5.74) is 3.85. The van der Waals surface area contributed by atoms with Crippen molar-refractivity contribution in [2.24, 2.45) is 5.10 Å².